The van der Waals surface area contributed by atoms with Crippen molar-refractivity contribution < 1.29 is 4.79 Å². The maximum Gasteiger partial charge on any atom is 0.236 e. The molecule has 1 aliphatic rings. The van der Waals surface area contributed by atoms with Gasteiger partial charge in [-0.25, -0.2) is 9.67 Å². The highest BCUT2D eigenvalue weighted by Gasteiger charge is 2.28. The first kappa shape index (κ1) is 12.5. The molecule has 0 atom stereocenters. The quantitative estimate of drug-likeness (QED) is 0.842. The molecule has 2 heterocycles. The minimum atomic E-state index is -0.0929. The molecule has 19 heavy (non-hydrogen) atoms. The number of hydrogen-bond acceptors (Lipinski definition) is 7. The van der Waals surface area contributed by atoms with Crippen molar-refractivity contribution in [2.24, 2.45) is 0 Å². The average molecular weight is 296 g/mol. The van der Waals surface area contributed by atoms with Crippen LogP contribution in [0, 0.1) is 6.92 Å². The molecule has 100 valence electrons. The number of carbonyl (C=O) groups is 1. The number of anilines is 1. The summed E-state index contributed by atoms with van der Waals surface area (Å²) in [5.41, 5.74) is 0. The van der Waals surface area contributed by atoms with Crippen LogP contribution in [0.4, 0.5) is 5.13 Å². The number of tetrazole rings is 1. The minimum absolute atomic E-state index is 0.0929. The van der Waals surface area contributed by atoms with E-state index in [0.29, 0.717) is 16.3 Å². The molecule has 7 nitrogen and oxygen atoms in total. The summed E-state index contributed by atoms with van der Waals surface area (Å²) in [6, 6.07) is 0.419. The van der Waals surface area contributed by atoms with Gasteiger partial charge >= 0.3 is 0 Å². The van der Waals surface area contributed by atoms with E-state index in [-0.39, 0.29) is 11.7 Å². The SMILES string of the molecule is Cc1cnc(NC(=O)CSc2nnnn2C2CC2)s1. The predicted molar refractivity (Wildman–Crippen MR) is 72.3 cm³/mol. The van der Waals surface area contributed by atoms with Crippen LogP contribution in [-0.2, 0) is 4.79 Å². The zero-order valence-electron chi connectivity index (χ0n) is 10.2. The summed E-state index contributed by atoms with van der Waals surface area (Å²) in [7, 11) is 0. The minimum Gasteiger partial charge on any atom is -0.301 e. The Labute approximate surface area is 117 Å². The Morgan fingerprint density at radius 3 is 3.16 bits per heavy atom. The lowest BCUT2D eigenvalue weighted by atomic mass is 10.6. The topological polar surface area (TPSA) is 85.6 Å². The van der Waals surface area contributed by atoms with E-state index in [1.165, 1.54) is 23.1 Å². The smallest absolute Gasteiger partial charge is 0.236 e. The highest BCUT2D eigenvalue weighted by atomic mass is 32.2. The monoisotopic (exact) mass is 296 g/mol. The van der Waals surface area contributed by atoms with Gasteiger partial charge in [0, 0.05) is 11.1 Å². The molecule has 0 spiro atoms. The number of rotatable bonds is 5. The number of hydrogen-bond donors (Lipinski definition) is 1. The number of amides is 1. The van der Waals surface area contributed by atoms with E-state index in [1.807, 2.05) is 6.92 Å². The van der Waals surface area contributed by atoms with E-state index in [4.69, 9.17) is 0 Å². The first-order valence-electron chi connectivity index (χ1n) is 5.85. The molecule has 2 aromatic heterocycles. The average Bonchev–Trinajstić information content (AvgIpc) is 2.98. The molecule has 0 radical (unpaired) electrons. The fraction of sp³-hybridized carbons (Fsp3) is 0.500. The highest BCUT2D eigenvalue weighted by molar-refractivity contribution is 7.99. The third-order valence-electron chi connectivity index (χ3n) is 2.56. The number of thioether (sulfide) groups is 1. The Bertz CT molecular complexity index is 590. The van der Waals surface area contributed by atoms with Gasteiger partial charge in [0.2, 0.25) is 11.1 Å². The zero-order valence-corrected chi connectivity index (χ0v) is 11.9. The fourth-order valence-corrected chi connectivity index (χ4v) is 2.95. The molecule has 1 N–H and O–H groups in total. The van der Waals surface area contributed by atoms with Crippen LogP contribution in [0.2, 0.25) is 0 Å². The lowest BCUT2D eigenvalue weighted by molar-refractivity contribution is -0.113. The summed E-state index contributed by atoms with van der Waals surface area (Å²) in [5, 5.41) is 15.6. The predicted octanol–water partition coefficient (Wildman–Crippen LogP) is 1.50. The van der Waals surface area contributed by atoms with Gasteiger partial charge < -0.3 is 5.32 Å². The second kappa shape index (κ2) is 5.25. The molecule has 1 saturated carbocycles. The van der Waals surface area contributed by atoms with E-state index in [9.17, 15) is 4.79 Å². The first-order chi connectivity index (χ1) is 9.22. The Hall–Kier alpha value is -1.48. The summed E-state index contributed by atoms with van der Waals surface area (Å²) in [5.74, 6) is 0.191. The van der Waals surface area contributed by atoms with Gasteiger partial charge in [-0.15, -0.1) is 16.4 Å². The summed E-state index contributed by atoms with van der Waals surface area (Å²) >= 11 is 2.81. The maximum atomic E-state index is 11.8. The van der Waals surface area contributed by atoms with Crippen molar-refractivity contribution in [2.75, 3.05) is 11.1 Å². The number of thiazole rings is 1. The summed E-state index contributed by atoms with van der Waals surface area (Å²) in [6.07, 6.45) is 3.97. The van der Waals surface area contributed by atoms with Crippen LogP contribution in [-0.4, -0.2) is 36.9 Å². The Morgan fingerprint density at radius 2 is 2.47 bits per heavy atom. The Kier molecular flexibility index (Phi) is 3.47. The van der Waals surface area contributed by atoms with Crippen molar-refractivity contribution in [3.8, 4) is 0 Å². The third-order valence-corrected chi connectivity index (χ3v) is 4.32. The van der Waals surface area contributed by atoms with Crippen LogP contribution in [0.15, 0.2) is 11.4 Å². The molecular weight excluding hydrogens is 284 g/mol. The number of nitrogens with zero attached hydrogens (tertiary/aromatic N) is 5. The molecule has 1 fully saturated rings. The van der Waals surface area contributed by atoms with Gasteiger partial charge in [0.1, 0.15) is 0 Å². The normalized spacial score (nSPS) is 14.6. The second-order valence-electron chi connectivity index (χ2n) is 4.25. The van der Waals surface area contributed by atoms with E-state index in [0.717, 1.165) is 17.7 Å². The summed E-state index contributed by atoms with van der Waals surface area (Å²) in [6.45, 7) is 1.95. The molecular formula is C10H12N6OS2. The van der Waals surface area contributed by atoms with E-state index in [1.54, 1.807) is 10.9 Å². The van der Waals surface area contributed by atoms with E-state index in [2.05, 4.69) is 25.8 Å². The maximum absolute atomic E-state index is 11.8. The lowest BCUT2D eigenvalue weighted by Gasteiger charge is -2.02. The van der Waals surface area contributed by atoms with E-state index < -0.39 is 0 Å². The van der Waals surface area contributed by atoms with Gasteiger partial charge in [-0.05, 0) is 30.2 Å². The van der Waals surface area contributed by atoms with Crippen LogP contribution in [0.3, 0.4) is 0 Å². The standard InChI is InChI=1S/C10H12N6OS2/c1-6-4-11-9(19-6)12-8(17)5-18-10-13-14-15-16(10)7-2-3-7/h4,7H,2-3,5H2,1H3,(H,11,12,17). The fourth-order valence-electron chi connectivity index (χ4n) is 1.53. The molecule has 2 aromatic rings. The van der Waals surface area contributed by atoms with Crippen molar-refractivity contribution in [3.63, 3.8) is 0 Å². The number of nitrogens with one attached hydrogen (secondary N) is 1. The number of aromatic nitrogens is 5. The largest absolute Gasteiger partial charge is 0.301 e. The van der Waals surface area contributed by atoms with Gasteiger partial charge in [0.05, 0.1) is 11.8 Å². The second-order valence-corrected chi connectivity index (χ2v) is 6.43. The van der Waals surface area contributed by atoms with Crippen LogP contribution >= 0.6 is 23.1 Å². The summed E-state index contributed by atoms with van der Waals surface area (Å²) in [4.78, 5) is 16.9. The molecule has 9 heteroatoms. The van der Waals surface area contributed by atoms with E-state index >= 15 is 0 Å². The van der Waals surface area contributed by atoms with Crippen LogP contribution in [0.25, 0.3) is 0 Å². The van der Waals surface area contributed by atoms with Gasteiger partial charge in [-0.3, -0.25) is 4.79 Å². The molecule has 1 amide bonds. The Morgan fingerprint density at radius 1 is 1.63 bits per heavy atom. The molecule has 0 bridgehead atoms. The molecule has 3 rings (SSSR count). The molecule has 0 aliphatic heterocycles. The van der Waals surface area contributed by atoms with Crippen LogP contribution in [0.5, 0.6) is 0 Å². The van der Waals surface area contributed by atoms with Gasteiger partial charge in [0.15, 0.2) is 5.13 Å². The Balaban J connectivity index is 1.54. The van der Waals surface area contributed by atoms with Crippen molar-refractivity contribution in [1.29, 1.82) is 0 Å². The van der Waals surface area contributed by atoms with Crippen molar-refractivity contribution in [3.05, 3.63) is 11.1 Å². The number of aryl methyl sites for hydroxylation is 1. The van der Waals surface area contributed by atoms with Crippen LogP contribution < -0.4 is 5.32 Å². The highest BCUT2D eigenvalue weighted by Crippen LogP contribution is 2.36. The van der Waals surface area contributed by atoms with Crippen LogP contribution in [0.1, 0.15) is 23.8 Å². The van der Waals surface area contributed by atoms with Gasteiger partial charge in [-0.2, -0.15) is 0 Å². The number of carbonyl (C=O) groups excluding carboxylic acids is 1. The van der Waals surface area contributed by atoms with Crippen molar-refractivity contribution in [1.82, 2.24) is 25.2 Å². The molecule has 0 aromatic carbocycles. The third kappa shape index (κ3) is 3.10. The van der Waals surface area contributed by atoms with Gasteiger partial charge in [0.25, 0.3) is 0 Å². The lowest BCUT2D eigenvalue weighted by Crippen LogP contribution is -2.14. The molecule has 0 saturated heterocycles. The van der Waals surface area contributed by atoms with Crippen molar-refractivity contribution in [2.45, 2.75) is 31.0 Å². The molecule has 1 aliphatic carbocycles. The zero-order chi connectivity index (χ0) is 13.2. The summed E-state index contributed by atoms with van der Waals surface area (Å²) < 4.78 is 1.80. The van der Waals surface area contributed by atoms with Crippen molar-refractivity contribution >= 4 is 34.1 Å². The molecule has 0 unspecified atom stereocenters. The van der Waals surface area contributed by atoms with Gasteiger partial charge in [-0.1, -0.05) is 11.8 Å². The first-order valence-corrected chi connectivity index (χ1v) is 7.65.